The summed E-state index contributed by atoms with van der Waals surface area (Å²) in [6, 6.07) is 11.3. The Morgan fingerprint density at radius 3 is 2.59 bits per heavy atom. The highest BCUT2D eigenvalue weighted by molar-refractivity contribution is 6.30. The van der Waals surface area contributed by atoms with Crippen LogP contribution in [-0.2, 0) is 11.3 Å². The number of nitrogens with one attached hydrogen (secondary N) is 2. The van der Waals surface area contributed by atoms with E-state index in [2.05, 4.69) is 15.8 Å². The van der Waals surface area contributed by atoms with Crippen molar-refractivity contribution >= 4 is 17.3 Å². The summed E-state index contributed by atoms with van der Waals surface area (Å²) >= 11 is 5.86. The van der Waals surface area contributed by atoms with E-state index in [1.807, 2.05) is 48.7 Å². The van der Waals surface area contributed by atoms with Gasteiger partial charge in [-0.3, -0.25) is 15.8 Å². The lowest BCUT2D eigenvalue weighted by Crippen LogP contribution is -2.36. The SMILES string of the molecule is Clc1ccc(NN2C=CC(OCc3ccncc3)=CN2)cc1. The normalized spacial score (nSPS) is 13.3. The van der Waals surface area contributed by atoms with E-state index in [1.54, 1.807) is 23.7 Å². The zero-order chi connectivity index (χ0) is 15.2. The number of nitrogens with zero attached hydrogens (tertiary/aromatic N) is 2. The predicted octanol–water partition coefficient (Wildman–Crippen LogP) is 3.45. The summed E-state index contributed by atoms with van der Waals surface area (Å²) in [5.74, 6) is 0.756. The van der Waals surface area contributed by atoms with Gasteiger partial charge >= 0.3 is 0 Å². The second-order valence-electron chi connectivity index (χ2n) is 4.62. The minimum atomic E-state index is 0.505. The van der Waals surface area contributed by atoms with Crippen molar-refractivity contribution in [2.45, 2.75) is 6.61 Å². The van der Waals surface area contributed by atoms with Crippen LogP contribution in [0.25, 0.3) is 0 Å². The van der Waals surface area contributed by atoms with Gasteiger partial charge in [-0.05, 0) is 42.0 Å². The van der Waals surface area contributed by atoms with Gasteiger partial charge in [0.25, 0.3) is 0 Å². The molecule has 0 saturated heterocycles. The van der Waals surface area contributed by atoms with Gasteiger partial charge in [-0.2, -0.15) is 0 Å². The highest BCUT2D eigenvalue weighted by Gasteiger charge is 2.05. The second-order valence-corrected chi connectivity index (χ2v) is 5.06. The van der Waals surface area contributed by atoms with Crippen LogP contribution >= 0.6 is 11.6 Å². The fourth-order valence-electron chi connectivity index (χ4n) is 1.84. The lowest BCUT2D eigenvalue weighted by atomic mass is 10.3. The molecular weight excluding hydrogens is 300 g/mol. The smallest absolute Gasteiger partial charge is 0.139 e. The van der Waals surface area contributed by atoms with Crippen molar-refractivity contribution < 1.29 is 4.74 Å². The number of aromatic nitrogens is 1. The van der Waals surface area contributed by atoms with Crippen molar-refractivity contribution in [3.8, 4) is 0 Å². The van der Waals surface area contributed by atoms with Gasteiger partial charge in [0.15, 0.2) is 0 Å². The zero-order valence-corrected chi connectivity index (χ0v) is 12.5. The molecule has 0 spiro atoms. The van der Waals surface area contributed by atoms with E-state index >= 15 is 0 Å². The molecule has 0 aliphatic carbocycles. The lowest BCUT2D eigenvalue weighted by Gasteiger charge is -2.25. The predicted molar refractivity (Wildman–Crippen MR) is 86.3 cm³/mol. The van der Waals surface area contributed by atoms with Crippen LogP contribution in [0.5, 0.6) is 0 Å². The van der Waals surface area contributed by atoms with Crippen LogP contribution in [-0.4, -0.2) is 10.1 Å². The third-order valence-corrected chi connectivity index (χ3v) is 3.23. The molecular formula is C16H15ClN4O. The number of hydrazine groups is 2. The number of allylic oxidation sites excluding steroid dienone is 1. The first-order chi connectivity index (χ1) is 10.8. The largest absolute Gasteiger partial charge is 0.487 e. The topological polar surface area (TPSA) is 49.4 Å². The molecule has 1 aromatic heterocycles. The van der Waals surface area contributed by atoms with Gasteiger partial charge in [0.1, 0.15) is 12.4 Å². The number of hydrogen-bond acceptors (Lipinski definition) is 5. The van der Waals surface area contributed by atoms with Gasteiger partial charge < -0.3 is 4.74 Å². The maximum absolute atomic E-state index is 5.86. The number of benzene rings is 1. The van der Waals surface area contributed by atoms with Gasteiger partial charge in [-0.1, -0.05) is 11.6 Å². The summed E-state index contributed by atoms with van der Waals surface area (Å²) in [6.45, 7) is 0.505. The first kappa shape index (κ1) is 14.3. The fraction of sp³-hybridized carbons (Fsp3) is 0.0625. The molecule has 0 fully saturated rings. The van der Waals surface area contributed by atoms with Crippen molar-refractivity contribution in [1.29, 1.82) is 0 Å². The molecule has 0 amide bonds. The van der Waals surface area contributed by atoms with E-state index in [9.17, 15) is 0 Å². The van der Waals surface area contributed by atoms with E-state index in [1.165, 1.54) is 0 Å². The van der Waals surface area contributed by atoms with E-state index in [0.29, 0.717) is 11.6 Å². The Balaban J connectivity index is 1.50. The van der Waals surface area contributed by atoms with E-state index in [0.717, 1.165) is 17.0 Å². The first-order valence-electron chi connectivity index (χ1n) is 6.77. The number of rotatable bonds is 5. The van der Waals surface area contributed by atoms with Gasteiger partial charge in [0.2, 0.25) is 0 Å². The van der Waals surface area contributed by atoms with Crippen molar-refractivity contribution in [2.24, 2.45) is 0 Å². The van der Waals surface area contributed by atoms with Crippen LogP contribution in [0.1, 0.15) is 5.56 Å². The third-order valence-electron chi connectivity index (χ3n) is 2.98. The van der Waals surface area contributed by atoms with Crippen LogP contribution in [0.4, 0.5) is 5.69 Å². The van der Waals surface area contributed by atoms with Crippen LogP contribution in [0.15, 0.2) is 73.0 Å². The Morgan fingerprint density at radius 1 is 1.14 bits per heavy atom. The summed E-state index contributed by atoms with van der Waals surface area (Å²) in [5, 5.41) is 2.43. The van der Waals surface area contributed by atoms with Crippen molar-refractivity contribution in [3.05, 3.63) is 83.6 Å². The molecule has 112 valence electrons. The molecule has 3 rings (SSSR count). The van der Waals surface area contributed by atoms with E-state index < -0.39 is 0 Å². The molecule has 1 aliphatic heterocycles. The summed E-state index contributed by atoms with van der Waals surface area (Å²) in [7, 11) is 0. The average Bonchev–Trinajstić information content (AvgIpc) is 2.57. The molecule has 2 N–H and O–H groups in total. The molecule has 0 atom stereocenters. The zero-order valence-electron chi connectivity index (χ0n) is 11.7. The second kappa shape index (κ2) is 6.87. The summed E-state index contributed by atoms with van der Waals surface area (Å²) < 4.78 is 5.70. The van der Waals surface area contributed by atoms with Crippen LogP contribution in [0.2, 0.25) is 5.02 Å². The molecule has 0 bridgehead atoms. The van der Waals surface area contributed by atoms with Crippen LogP contribution in [0, 0.1) is 0 Å². The molecule has 6 heteroatoms. The van der Waals surface area contributed by atoms with Gasteiger partial charge in [0, 0.05) is 29.7 Å². The fourth-order valence-corrected chi connectivity index (χ4v) is 1.97. The summed E-state index contributed by atoms with van der Waals surface area (Å²) in [6.07, 6.45) is 9.00. The van der Waals surface area contributed by atoms with Crippen molar-refractivity contribution in [3.63, 3.8) is 0 Å². The van der Waals surface area contributed by atoms with E-state index in [-0.39, 0.29) is 0 Å². The molecule has 2 heterocycles. The molecule has 5 nitrogen and oxygen atoms in total. The summed E-state index contributed by atoms with van der Waals surface area (Å²) in [5.41, 5.74) is 8.24. The number of anilines is 1. The number of ether oxygens (including phenoxy) is 1. The Labute approximate surface area is 133 Å². The average molecular weight is 315 g/mol. The molecule has 2 aromatic rings. The Kier molecular flexibility index (Phi) is 4.46. The number of hydrogen-bond donors (Lipinski definition) is 2. The minimum Gasteiger partial charge on any atom is -0.487 e. The highest BCUT2D eigenvalue weighted by atomic mass is 35.5. The summed E-state index contributed by atoms with van der Waals surface area (Å²) in [4.78, 5) is 3.98. The van der Waals surface area contributed by atoms with Crippen molar-refractivity contribution in [2.75, 3.05) is 5.43 Å². The molecule has 22 heavy (non-hydrogen) atoms. The Hall–Kier alpha value is -2.66. The maximum Gasteiger partial charge on any atom is 0.139 e. The quantitative estimate of drug-likeness (QED) is 0.885. The van der Waals surface area contributed by atoms with Crippen LogP contribution < -0.4 is 10.9 Å². The Bertz CT molecular complexity index is 670. The standard InChI is InChI=1S/C16H15ClN4O/c17-14-1-3-15(4-2-14)20-21-10-7-16(11-19-21)22-12-13-5-8-18-9-6-13/h1-11,19-20H,12H2. The minimum absolute atomic E-state index is 0.505. The molecule has 0 saturated carbocycles. The molecule has 1 aliphatic rings. The monoisotopic (exact) mass is 314 g/mol. The Morgan fingerprint density at radius 2 is 1.91 bits per heavy atom. The molecule has 0 radical (unpaired) electrons. The first-order valence-corrected chi connectivity index (χ1v) is 7.15. The number of pyridine rings is 1. The molecule has 0 unspecified atom stereocenters. The van der Waals surface area contributed by atoms with Crippen LogP contribution in [0.3, 0.4) is 0 Å². The number of halogens is 1. The lowest BCUT2D eigenvalue weighted by molar-refractivity contribution is 0.200. The molecule has 1 aromatic carbocycles. The van der Waals surface area contributed by atoms with Crippen molar-refractivity contribution in [1.82, 2.24) is 15.5 Å². The highest BCUT2D eigenvalue weighted by Crippen LogP contribution is 2.15. The maximum atomic E-state index is 5.86. The van der Waals surface area contributed by atoms with Gasteiger partial charge in [-0.15, -0.1) is 0 Å². The van der Waals surface area contributed by atoms with Gasteiger partial charge in [-0.25, -0.2) is 5.12 Å². The third kappa shape index (κ3) is 3.93. The van der Waals surface area contributed by atoms with Gasteiger partial charge in [0.05, 0.1) is 11.9 Å². The van der Waals surface area contributed by atoms with E-state index in [4.69, 9.17) is 16.3 Å².